The van der Waals surface area contributed by atoms with Gasteiger partial charge in [-0.2, -0.15) is 0 Å². The van der Waals surface area contributed by atoms with E-state index in [0.29, 0.717) is 13.2 Å². The van der Waals surface area contributed by atoms with Crippen molar-refractivity contribution < 1.29 is 19.2 Å². The van der Waals surface area contributed by atoms with Gasteiger partial charge in [0.1, 0.15) is 13.2 Å². The van der Waals surface area contributed by atoms with Crippen LogP contribution in [-0.2, 0) is 4.84 Å². The molecule has 2 aliphatic rings. The number of benzene rings is 1. The van der Waals surface area contributed by atoms with Gasteiger partial charge in [0.2, 0.25) is 0 Å². The molecule has 2 heterocycles. The first-order valence-electron chi connectivity index (χ1n) is 8.21. The lowest BCUT2D eigenvalue weighted by molar-refractivity contribution is -0.905. The van der Waals surface area contributed by atoms with E-state index < -0.39 is 0 Å². The van der Waals surface area contributed by atoms with Crippen LogP contribution in [0.2, 0.25) is 0 Å². The number of likely N-dealkylation sites (tertiary alicyclic amines) is 1. The normalized spacial score (nSPS) is 22.4. The van der Waals surface area contributed by atoms with Crippen molar-refractivity contribution in [3.63, 3.8) is 0 Å². The molecule has 1 fully saturated rings. The summed E-state index contributed by atoms with van der Waals surface area (Å²) in [6.07, 6.45) is 3.88. The van der Waals surface area contributed by atoms with Crippen molar-refractivity contribution in [3.05, 3.63) is 24.3 Å². The lowest BCUT2D eigenvalue weighted by Crippen LogP contribution is -3.13. The number of para-hydroxylation sites is 2. The van der Waals surface area contributed by atoms with Crippen molar-refractivity contribution in [3.8, 4) is 11.5 Å². The summed E-state index contributed by atoms with van der Waals surface area (Å²) in [6.45, 7) is 6.63. The number of quaternary nitrogens is 1. The zero-order valence-corrected chi connectivity index (χ0v) is 13.2. The summed E-state index contributed by atoms with van der Waals surface area (Å²) in [7, 11) is 0. The molecule has 0 aliphatic carbocycles. The topological polar surface area (TPSA) is 44.5 Å². The fraction of sp³-hybridized carbons (Fsp3) is 0.588. The first-order valence-corrected chi connectivity index (χ1v) is 8.21. The highest BCUT2D eigenvalue weighted by atomic mass is 16.6. The molecule has 0 spiro atoms. The first kappa shape index (κ1) is 15.2. The number of fused-ring (bicyclic) bond motifs is 1. The molecule has 0 aromatic heterocycles. The van der Waals surface area contributed by atoms with E-state index in [-0.39, 0.29) is 6.10 Å². The first-order chi connectivity index (χ1) is 10.8. The summed E-state index contributed by atoms with van der Waals surface area (Å²) in [5.74, 6) is 1.56. The molecule has 5 nitrogen and oxygen atoms in total. The molecule has 1 aromatic rings. The Balaban J connectivity index is 1.44. The fourth-order valence-corrected chi connectivity index (χ4v) is 2.92. The second-order valence-electron chi connectivity index (χ2n) is 5.99. The van der Waals surface area contributed by atoms with Crippen molar-refractivity contribution in [2.24, 2.45) is 5.16 Å². The van der Waals surface area contributed by atoms with Crippen LogP contribution in [-0.4, -0.2) is 44.7 Å². The minimum absolute atomic E-state index is 0.169. The smallest absolute Gasteiger partial charge is 0.174 e. The van der Waals surface area contributed by atoms with Gasteiger partial charge >= 0.3 is 0 Å². The largest absolute Gasteiger partial charge is 0.485 e. The van der Waals surface area contributed by atoms with Crippen LogP contribution >= 0.6 is 0 Å². The highest BCUT2D eigenvalue weighted by Crippen LogP contribution is 2.31. The van der Waals surface area contributed by atoms with Gasteiger partial charge in [-0.3, -0.25) is 0 Å². The van der Waals surface area contributed by atoms with Crippen LogP contribution in [0, 0.1) is 0 Å². The van der Waals surface area contributed by atoms with Crippen molar-refractivity contribution in [2.45, 2.75) is 32.3 Å². The zero-order chi connectivity index (χ0) is 15.2. The Kier molecular flexibility index (Phi) is 5.16. The van der Waals surface area contributed by atoms with E-state index in [1.165, 1.54) is 32.4 Å². The Morgan fingerprint density at radius 2 is 2.00 bits per heavy atom. The molecule has 0 saturated carbocycles. The Morgan fingerprint density at radius 3 is 2.82 bits per heavy atom. The van der Waals surface area contributed by atoms with Crippen molar-refractivity contribution in [2.75, 3.05) is 32.8 Å². The van der Waals surface area contributed by atoms with Crippen molar-refractivity contribution in [1.29, 1.82) is 0 Å². The summed E-state index contributed by atoms with van der Waals surface area (Å²) >= 11 is 0. The molecule has 1 N–H and O–H groups in total. The van der Waals surface area contributed by atoms with Gasteiger partial charge in [0, 0.05) is 0 Å². The average molecular weight is 305 g/mol. The van der Waals surface area contributed by atoms with Gasteiger partial charge in [-0.25, -0.2) is 0 Å². The number of nitrogens with zero attached hydrogens (tertiary/aromatic N) is 1. The van der Waals surface area contributed by atoms with Crippen LogP contribution in [0.25, 0.3) is 0 Å². The monoisotopic (exact) mass is 305 g/mol. The van der Waals surface area contributed by atoms with Crippen LogP contribution in [0.15, 0.2) is 29.4 Å². The van der Waals surface area contributed by atoms with Crippen LogP contribution in [0.3, 0.4) is 0 Å². The highest BCUT2D eigenvalue weighted by molar-refractivity contribution is 5.86. The molecule has 0 bridgehead atoms. The second-order valence-corrected chi connectivity index (χ2v) is 5.99. The molecule has 1 aromatic carbocycles. The van der Waals surface area contributed by atoms with E-state index in [2.05, 4.69) is 5.16 Å². The van der Waals surface area contributed by atoms with E-state index in [0.717, 1.165) is 23.8 Å². The number of piperidine rings is 1. The van der Waals surface area contributed by atoms with E-state index in [9.17, 15) is 0 Å². The molecule has 1 atom stereocenters. The lowest BCUT2D eigenvalue weighted by atomic mass is 10.1. The molecule has 0 unspecified atom stereocenters. The maximum Gasteiger partial charge on any atom is 0.174 e. The van der Waals surface area contributed by atoms with Gasteiger partial charge in [-0.05, 0) is 38.3 Å². The van der Waals surface area contributed by atoms with Gasteiger partial charge in [0.05, 0.1) is 18.8 Å². The third-order valence-corrected chi connectivity index (χ3v) is 4.29. The maximum absolute atomic E-state index is 5.90. The van der Waals surface area contributed by atoms with Crippen molar-refractivity contribution >= 4 is 5.71 Å². The predicted octanol–water partition coefficient (Wildman–Crippen LogP) is 1.29. The summed E-state index contributed by atoms with van der Waals surface area (Å²) < 4.78 is 11.6. The molecule has 0 radical (unpaired) electrons. The number of rotatable bonds is 5. The van der Waals surface area contributed by atoms with Crippen LogP contribution in [0.4, 0.5) is 0 Å². The molecule has 3 rings (SSSR count). The summed E-state index contributed by atoms with van der Waals surface area (Å²) in [4.78, 5) is 7.10. The molecule has 120 valence electrons. The summed E-state index contributed by atoms with van der Waals surface area (Å²) in [6, 6.07) is 7.70. The highest BCUT2D eigenvalue weighted by Gasteiger charge is 2.23. The Morgan fingerprint density at radius 1 is 1.23 bits per heavy atom. The molecule has 1 saturated heterocycles. The number of hydrogen-bond donors (Lipinski definition) is 1. The van der Waals surface area contributed by atoms with Gasteiger partial charge in [-0.15, -0.1) is 0 Å². The third-order valence-electron chi connectivity index (χ3n) is 4.29. The fourth-order valence-electron chi connectivity index (χ4n) is 2.92. The Labute approximate surface area is 131 Å². The average Bonchev–Trinajstić information content (AvgIpc) is 2.59. The van der Waals surface area contributed by atoms with Crippen LogP contribution in [0.1, 0.15) is 26.2 Å². The molecular weight excluding hydrogens is 280 g/mol. The predicted molar refractivity (Wildman–Crippen MR) is 84.8 cm³/mol. The lowest BCUT2D eigenvalue weighted by Gasteiger charge is -2.26. The number of hydrogen-bond acceptors (Lipinski definition) is 4. The number of nitrogens with one attached hydrogen (secondary N) is 1. The number of oxime groups is 1. The van der Waals surface area contributed by atoms with Gasteiger partial charge in [0.25, 0.3) is 0 Å². The van der Waals surface area contributed by atoms with E-state index >= 15 is 0 Å². The third kappa shape index (κ3) is 3.91. The Hall–Kier alpha value is -1.75. The number of ether oxygens (including phenoxy) is 2. The van der Waals surface area contributed by atoms with Crippen LogP contribution < -0.4 is 14.4 Å². The van der Waals surface area contributed by atoms with E-state index in [1.54, 1.807) is 4.90 Å². The second kappa shape index (κ2) is 7.49. The minimum atomic E-state index is -0.169. The molecule has 5 heteroatoms. The minimum Gasteiger partial charge on any atom is -0.485 e. The molecule has 0 amide bonds. The summed E-state index contributed by atoms with van der Waals surface area (Å²) in [5, 5.41) is 4.20. The van der Waals surface area contributed by atoms with Gasteiger partial charge in [0.15, 0.2) is 24.2 Å². The standard InChI is InChI=1S/C17H24N2O3/c1-14(18-21-12-11-19-9-5-2-6-10-19)17-13-20-15-7-3-4-8-16(15)22-17/h3-4,7-8,17H,2,5-6,9-13H2,1H3/p+1/b18-14-/t17-/m0/s1. The van der Waals surface area contributed by atoms with E-state index in [1.807, 2.05) is 31.2 Å². The van der Waals surface area contributed by atoms with Gasteiger partial charge in [-0.1, -0.05) is 17.3 Å². The Bertz CT molecular complexity index is 512. The SMILES string of the molecule is C/C(=N/OCC[NH+]1CCCCC1)[C@@H]1COc2ccccc2O1. The molecular formula is C17H25N2O3+. The maximum atomic E-state index is 5.90. The molecule has 2 aliphatic heterocycles. The quantitative estimate of drug-likeness (QED) is 0.506. The van der Waals surface area contributed by atoms with E-state index in [4.69, 9.17) is 14.3 Å². The zero-order valence-electron chi connectivity index (χ0n) is 13.2. The summed E-state index contributed by atoms with van der Waals surface area (Å²) in [5.41, 5.74) is 0.822. The van der Waals surface area contributed by atoms with Crippen molar-refractivity contribution in [1.82, 2.24) is 0 Å². The van der Waals surface area contributed by atoms with Crippen LogP contribution in [0.5, 0.6) is 11.5 Å². The van der Waals surface area contributed by atoms with Gasteiger partial charge < -0.3 is 19.2 Å². The molecule has 22 heavy (non-hydrogen) atoms.